The molecular formula is C10H19NO. The molecule has 0 radical (unpaired) electrons. The van der Waals surface area contributed by atoms with Crippen LogP contribution >= 0.6 is 0 Å². The Morgan fingerprint density at radius 2 is 2.25 bits per heavy atom. The van der Waals surface area contributed by atoms with Crippen molar-refractivity contribution in [2.45, 2.75) is 44.8 Å². The molecule has 0 bridgehead atoms. The van der Waals surface area contributed by atoms with E-state index < -0.39 is 5.60 Å². The summed E-state index contributed by atoms with van der Waals surface area (Å²) >= 11 is 0. The lowest BCUT2D eigenvalue weighted by Gasteiger charge is -2.38. The summed E-state index contributed by atoms with van der Waals surface area (Å²) in [6, 6.07) is -0.0899. The summed E-state index contributed by atoms with van der Waals surface area (Å²) in [7, 11) is 0. The van der Waals surface area contributed by atoms with Gasteiger partial charge >= 0.3 is 0 Å². The lowest BCUT2D eigenvalue weighted by atomic mass is 9.74. The van der Waals surface area contributed by atoms with Gasteiger partial charge in [-0.2, -0.15) is 0 Å². The fourth-order valence-corrected chi connectivity index (χ4v) is 1.78. The standard InChI is InChI=1S/C10H19NO/c1-7(2)8-4-5-10(3,12)9(11)6-8/h8-9,12H,1,4-6,11H2,2-3H3/t8-,9+,10+/m1/s1. The molecule has 3 atom stereocenters. The number of rotatable bonds is 1. The summed E-state index contributed by atoms with van der Waals surface area (Å²) in [4.78, 5) is 0. The molecule has 1 aliphatic carbocycles. The minimum absolute atomic E-state index is 0.0899. The van der Waals surface area contributed by atoms with E-state index in [1.54, 1.807) is 0 Å². The molecule has 0 unspecified atom stereocenters. The Morgan fingerprint density at radius 3 is 2.67 bits per heavy atom. The number of nitrogens with two attached hydrogens (primary N) is 1. The van der Waals surface area contributed by atoms with Crippen molar-refractivity contribution in [1.82, 2.24) is 0 Å². The van der Waals surface area contributed by atoms with Gasteiger partial charge in [0.25, 0.3) is 0 Å². The lowest BCUT2D eigenvalue weighted by Crippen LogP contribution is -2.50. The molecule has 0 saturated heterocycles. The molecule has 0 aromatic rings. The van der Waals surface area contributed by atoms with E-state index in [1.165, 1.54) is 5.57 Å². The third kappa shape index (κ3) is 1.87. The lowest BCUT2D eigenvalue weighted by molar-refractivity contribution is -0.00644. The second kappa shape index (κ2) is 3.19. The summed E-state index contributed by atoms with van der Waals surface area (Å²) in [6.07, 6.45) is 2.70. The molecule has 2 nitrogen and oxygen atoms in total. The Balaban J connectivity index is 2.58. The van der Waals surface area contributed by atoms with E-state index in [0.29, 0.717) is 5.92 Å². The minimum Gasteiger partial charge on any atom is -0.389 e. The van der Waals surface area contributed by atoms with Crippen LogP contribution in [0.2, 0.25) is 0 Å². The highest BCUT2D eigenvalue weighted by Gasteiger charge is 2.35. The molecule has 1 saturated carbocycles. The van der Waals surface area contributed by atoms with Crippen molar-refractivity contribution >= 4 is 0 Å². The van der Waals surface area contributed by atoms with Crippen LogP contribution in [-0.2, 0) is 0 Å². The van der Waals surface area contributed by atoms with E-state index in [9.17, 15) is 5.11 Å². The first kappa shape index (κ1) is 9.75. The average Bonchev–Trinajstić information content (AvgIpc) is 1.94. The van der Waals surface area contributed by atoms with Gasteiger partial charge in [-0.3, -0.25) is 0 Å². The first-order valence-electron chi connectivity index (χ1n) is 4.57. The molecule has 12 heavy (non-hydrogen) atoms. The Hall–Kier alpha value is -0.340. The molecule has 0 amide bonds. The Morgan fingerprint density at radius 1 is 1.67 bits per heavy atom. The maximum absolute atomic E-state index is 9.79. The summed E-state index contributed by atoms with van der Waals surface area (Å²) < 4.78 is 0. The molecular weight excluding hydrogens is 150 g/mol. The zero-order chi connectivity index (χ0) is 9.35. The second-order valence-electron chi connectivity index (χ2n) is 4.28. The smallest absolute Gasteiger partial charge is 0.0770 e. The van der Waals surface area contributed by atoms with Crippen LogP contribution in [0.25, 0.3) is 0 Å². The van der Waals surface area contributed by atoms with Gasteiger partial charge in [-0.25, -0.2) is 0 Å². The highest BCUT2D eigenvalue weighted by atomic mass is 16.3. The van der Waals surface area contributed by atoms with Crippen LogP contribution in [-0.4, -0.2) is 16.7 Å². The molecule has 0 spiro atoms. The van der Waals surface area contributed by atoms with Gasteiger partial charge in [0.05, 0.1) is 5.60 Å². The van der Waals surface area contributed by atoms with E-state index >= 15 is 0 Å². The van der Waals surface area contributed by atoms with Crippen molar-refractivity contribution in [3.8, 4) is 0 Å². The van der Waals surface area contributed by atoms with Crippen molar-refractivity contribution in [2.75, 3.05) is 0 Å². The third-order valence-electron chi connectivity index (χ3n) is 3.03. The normalized spacial score (nSPS) is 42.7. The molecule has 2 heteroatoms. The monoisotopic (exact) mass is 169 g/mol. The quantitative estimate of drug-likeness (QED) is 0.583. The molecule has 1 fully saturated rings. The van der Waals surface area contributed by atoms with Crippen LogP contribution in [0.5, 0.6) is 0 Å². The van der Waals surface area contributed by atoms with Gasteiger partial charge in [0.2, 0.25) is 0 Å². The van der Waals surface area contributed by atoms with Crippen molar-refractivity contribution in [2.24, 2.45) is 11.7 Å². The van der Waals surface area contributed by atoms with Gasteiger partial charge < -0.3 is 10.8 Å². The van der Waals surface area contributed by atoms with Crippen LogP contribution < -0.4 is 5.73 Å². The molecule has 1 rings (SSSR count). The molecule has 0 aliphatic heterocycles. The van der Waals surface area contributed by atoms with E-state index in [1.807, 2.05) is 13.8 Å². The fourth-order valence-electron chi connectivity index (χ4n) is 1.78. The second-order valence-corrected chi connectivity index (χ2v) is 4.28. The molecule has 0 aromatic carbocycles. The van der Waals surface area contributed by atoms with Gasteiger partial charge in [0, 0.05) is 6.04 Å². The van der Waals surface area contributed by atoms with Crippen LogP contribution in [0.15, 0.2) is 12.2 Å². The van der Waals surface area contributed by atoms with Gasteiger partial charge in [0.15, 0.2) is 0 Å². The Bertz CT molecular complexity index is 186. The minimum atomic E-state index is -0.661. The zero-order valence-electron chi connectivity index (χ0n) is 8.01. The molecule has 0 aromatic heterocycles. The van der Waals surface area contributed by atoms with Crippen LogP contribution in [0, 0.1) is 5.92 Å². The van der Waals surface area contributed by atoms with Gasteiger partial charge in [0.1, 0.15) is 0 Å². The highest BCUT2D eigenvalue weighted by molar-refractivity contribution is 5.03. The molecule has 70 valence electrons. The van der Waals surface area contributed by atoms with Gasteiger partial charge in [-0.05, 0) is 39.0 Å². The molecule has 0 heterocycles. The fraction of sp³-hybridized carbons (Fsp3) is 0.800. The number of allylic oxidation sites excluding steroid dienone is 1. The van der Waals surface area contributed by atoms with Crippen molar-refractivity contribution in [3.05, 3.63) is 12.2 Å². The first-order valence-corrected chi connectivity index (χ1v) is 4.57. The van der Waals surface area contributed by atoms with Crippen LogP contribution in [0.3, 0.4) is 0 Å². The summed E-state index contributed by atoms with van der Waals surface area (Å²) in [5, 5.41) is 9.79. The average molecular weight is 169 g/mol. The third-order valence-corrected chi connectivity index (χ3v) is 3.03. The number of aliphatic hydroxyl groups is 1. The number of hydrogen-bond donors (Lipinski definition) is 2. The summed E-state index contributed by atoms with van der Waals surface area (Å²) in [6.45, 7) is 7.79. The van der Waals surface area contributed by atoms with Gasteiger partial charge in [-0.1, -0.05) is 12.2 Å². The van der Waals surface area contributed by atoms with Crippen molar-refractivity contribution in [1.29, 1.82) is 0 Å². The Kier molecular flexibility index (Phi) is 2.59. The maximum Gasteiger partial charge on any atom is 0.0770 e. The first-order chi connectivity index (χ1) is 5.43. The Labute approximate surface area is 74.5 Å². The van der Waals surface area contributed by atoms with Crippen LogP contribution in [0.4, 0.5) is 0 Å². The summed E-state index contributed by atoms with van der Waals surface area (Å²) in [5.41, 5.74) is 6.38. The van der Waals surface area contributed by atoms with Crippen molar-refractivity contribution < 1.29 is 5.11 Å². The predicted molar refractivity (Wildman–Crippen MR) is 50.8 cm³/mol. The van der Waals surface area contributed by atoms with E-state index in [2.05, 4.69) is 6.58 Å². The molecule has 1 aliphatic rings. The van der Waals surface area contributed by atoms with E-state index in [0.717, 1.165) is 19.3 Å². The number of hydrogen-bond acceptors (Lipinski definition) is 2. The largest absolute Gasteiger partial charge is 0.389 e. The summed E-state index contributed by atoms with van der Waals surface area (Å²) in [5.74, 6) is 0.514. The SMILES string of the molecule is C=C(C)[C@@H]1CC[C@](C)(O)[C@@H](N)C1. The topological polar surface area (TPSA) is 46.2 Å². The predicted octanol–water partition coefficient (Wildman–Crippen LogP) is 1.44. The van der Waals surface area contributed by atoms with Crippen LogP contribution in [0.1, 0.15) is 33.1 Å². The zero-order valence-corrected chi connectivity index (χ0v) is 8.01. The van der Waals surface area contributed by atoms with E-state index in [-0.39, 0.29) is 6.04 Å². The van der Waals surface area contributed by atoms with Crippen molar-refractivity contribution in [3.63, 3.8) is 0 Å². The highest BCUT2D eigenvalue weighted by Crippen LogP contribution is 2.33. The maximum atomic E-state index is 9.79. The van der Waals surface area contributed by atoms with Gasteiger partial charge in [-0.15, -0.1) is 0 Å². The van der Waals surface area contributed by atoms with E-state index in [4.69, 9.17) is 5.73 Å². The molecule has 3 N–H and O–H groups in total.